The molecule has 1 aliphatic carbocycles. The van der Waals surface area contributed by atoms with E-state index in [-0.39, 0.29) is 18.1 Å². The summed E-state index contributed by atoms with van der Waals surface area (Å²) in [4.78, 5) is 4.14. The Morgan fingerprint density at radius 3 is 2.38 bits per heavy atom. The summed E-state index contributed by atoms with van der Waals surface area (Å²) in [7, 11) is 0. The second-order valence-corrected chi connectivity index (χ2v) is 4.10. The second-order valence-electron chi connectivity index (χ2n) is 4.10. The average molecular weight is 185 g/mol. The maximum Gasteiger partial charge on any atom is 0.186 e. The van der Waals surface area contributed by atoms with Gasteiger partial charge in [0.05, 0.1) is 12.1 Å². The predicted molar refractivity (Wildman–Crippen MR) is 53.3 cm³/mol. The summed E-state index contributed by atoms with van der Waals surface area (Å²) in [5.74, 6) is 0.817. The zero-order valence-electron chi connectivity index (χ0n) is 8.16. The highest BCUT2D eigenvalue weighted by Gasteiger charge is 2.33. The Balaban J connectivity index is 2.66. The third kappa shape index (κ3) is 2.59. The molecular weight excluding hydrogens is 166 g/mol. The van der Waals surface area contributed by atoms with Gasteiger partial charge < -0.3 is 16.6 Å². The monoisotopic (exact) mass is 185 g/mol. The quantitative estimate of drug-likeness (QED) is 0.424. The Morgan fingerprint density at radius 1 is 1.46 bits per heavy atom. The van der Waals surface area contributed by atoms with E-state index >= 15 is 0 Å². The Bertz CT molecular complexity index is 191. The first kappa shape index (κ1) is 10.3. The van der Waals surface area contributed by atoms with Crippen molar-refractivity contribution in [1.29, 1.82) is 0 Å². The lowest BCUT2D eigenvalue weighted by Crippen LogP contribution is -2.39. The van der Waals surface area contributed by atoms with Crippen LogP contribution >= 0.6 is 0 Å². The highest BCUT2D eigenvalue weighted by Crippen LogP contribution is 2.34. The number of guanidine groups is 1. The first-order chi connectivity index (χ1) is 6.08. The van der Waals surface area contributed by atoms with Crippen molar-refractivity contribution in [2.75, 3.05) is 6.61 Å². The summed E-state index contributed by atoms with van der Waals surface area (Å²) in [6, 6.07) is 0. The normalized spacial score (nSPS) is 34.2. The number of hydrogen-bond donors (Lipinski definition) is 3. The van der Waals surface area contributed by atoms with Crippen molar-refractivity contribution in [3.8, 4) is 0 Å². The highest BCUT2D eigenvalue weighted by molar-refractivity contribution is 5.76. The number of aliphatic imine (C=N–C) groups is 1. The van der Waals surface area contributed by atoms with Crippen LogP contribution in [0.4, 0.5) is 0 Å². The fourth-order valence-corrected chi connectivity index (χ4v) is 1.88. The first-order valence-corrected chi connectivity index (χ1v) is 4.80. The van der Waals surface area contributed by atoms with E-state index in [2.05, 4.69) is 11.9 Å². The van der Waals surface area contributed by atoms with Crippen molar-refractivity contribution >= 4 is 5.96 Å². The van der Waals surface area contributed by atoms with Gasteiger partial charge in [-0.05, 0) is 31.6 Å². The molecule has 0 heterocycles. The lowest BCUT2D eigenvalue weighted by atomic mass is 9.78. The molecule has 13 heavy (non-hydrogen) atoms. The number of aliphatic hydroxyl groups is 1. The summed E-state index contributed by atoms with van der Waals surface area (Å²) in [6.07, 6.45) is 3.97. The van der Waals surface area contributed by atoms with Crippen LogP contribution in [0.1, 0.15) is 32.6 Å². The Labute approximate surface area is 79.0 Å². The van der Waals surface area contributed by atoms with Crippen LogP contribution in [0.25, 0.3) is 0 Å². The van der Waals surface area contributed by atoms with E-state index in [1.54, 1.807) is 0 Å². The lowest BCUT2D eigenvalue weighted by Gasteiger charge is -2.34. The fourth-order valence-electron chi connectivity index (χ4n) is 1.88. The average Bonchev–Trinajstić information content (AvgIpc) is 2.09. The highest BCUT2D eigenvalue weighted by atomic mass is 16.3. The third-order valence-corrected chi connectivity index (χ3v) is 2.87. The minimum absolute atomic E-state index is 0.0532. The van der Waals surface area contributed by atoms with Gasteiger partial charge in [0.1, 0.15) is 0 Å². The number of nitrogens with zero attached hydrogens (tertiary/aromatic N) is 1. The number of nitrogens with two attached hydrogens (primary N) is 2. The van der Waals surface area contributed by atoms with Crippen LogP contribution < -0.4 is 11.5 Å². The molecule has 0 aromatic rings. The molecule has 0 radical (unpaired) electrons. The number of rotatable bonds is 2. The predicted octanol–water partition coefficient (Wildman–Crippen LogP) is 0.201. The van der Waals surface area contributed by atoms with E-state index < -0.39 is 0 Å². The molecule has 1 rings (SSSR count). The molecule has 0 aromatic carbocycles. The zero-order chi connectivity index (χ0) is 9.90. The second kappa shape index (κ2) is 3.96. The van der Waals surface area contributed by atoms with Gasteiger partial charge in [-0.3, -0.25) is 0 Å². The molecule has 1 fully saturated rings. The van der Waals surface area contributed by atoms with Crippen molar-refractivity contribution < 1.29 is 5.11 Å². The van der Waals surface area contributed by atoms with Crippen LogP contribution in [0.3, 0.4) is 0 Å². The molecule has 1 saturated carbocycles. The summed E-state index contributed by atoms with van der Waals surface area (Å²) in [5, 5.41) is 9.26. The van der Waals surface area contributed by atoms with Gasteiger partial charge in [-0.1, -0.05) is 6.92 Å². The van der Waals surface area contributed by atoms with Gasteiger partial charge in [0.25, 0.3) is 0 Å². The molecule has 0 saturated heterocycles. The summed E-state index contributed by atoms with van der Waals surface area (Å²) in [6.45, 7) is 2.27. The minimum Gasteiger partial charge on any atom is -0.394 e. The van der Waals surface area contributed by atoms with Crippen molar-refractivity contribution in [3.05, 3.63) is 0 Å². The van der Waals surface area contributed by atoms with Crippen LogP contribution in [-0.2, 0) is 0 Å². The third-order valence-electron chi connectivity index (χ3n) is 2.87. The van der Waals surface area contributed by atoms with E-state index in [1.807, 2.05) is 0 Å². The van der Waals surface area contributed by atoms with Gasteiger partial charge in [0, 0.05) is 0 Å². The van der Waals surface area contributed by atoms with Crippen molar-refractivity contribution in [2.24, 2.45) is 22.4 Å². The van der Waals surface area contributed by atoms with Crippen LogP contribution in [0, 0.1) is 5.92 Å². The van der Waals surface area contributed by atoms with E-state index in [9.17, 15) is 5.11 Å². The summed E-state index contributed by atoms with van der Waals surface area (Å²) < 4.78 is 0. The fraction of sp³-hybridized carbons (Fsp3) is 0.889. The van der Waals surface area contributed by atoms with Crippen molar-refractivity contribution in [3.63, 3.8) is 0 Å². The first-order valence-electron chi connectivity index (χ1n) is 4.80. The Hall–Kier alpha value is -0.770. The molecule has 5 N–H and O–H groups in total. The molecule has 0 aliphatic heterocycles. The molecule has 0 bridgehead atoms. The Kier molecular flexibility index (Phi) is 3.14. The van der Waals surface area contributed by atoms with Crippen LogP contribution in [0.2, 0.25) is 0 Å². The van der Waals surface area contributed by atoms with Crippen molar-refractivity contribution in [2.45, 2.75) is 38.1 Å². The minimum atomic E-state index is -0.384. The van der Waals surface area contributed by atoms with Crippen molar-refractivity contribution in [1.82, 2.24) is 0 Å². The van der Waals surface area contributed by atoms with Crippen LogP contribution in [0.15, 0.2) is 4.99 Å². The molecule has 1 aliphatic rings. The lowest BCUT2D eigenvalue weighted by molar-refractivity contribution is 0.141. The SMILES string of the molecule is CC1CCC(CO)(N=C(N)N)CC1. The maximum atomic E-state index is 9.26. The zero-order valence-corrected chi connectivity index (χ0v) is 8.16. The van der Waals surface area contributed by atoms with Gasteiger partial charge in [0.15, 0.2) is 5.96 Å². The largest absolute Gasteiger partial charge is 0.394 e. The molecule has 76 valence electrons. The molecule has 4 heteroatoms. The summed E-state index contributed by atoms with van der Waals surface area (Å²) >= 11 is 0. The van der Waals surface area contributed by atoms with Gasteiger partial charge >= 0.3 is 0 Å². The van der Waals surface area contributed by atoms with Gasteiger partial charge in [-0.25, -0.2) is 4.99 Å². The molecule has 0 amide bonds. The molecule has 4 nitrogen and oxygen atoms in total. The van der Waals surface area contributed by atoms with Crippen LogP contribution in [-0.4, -0.2) is 23.2 Å². The number of aliphatic hydroxyl groups excluding tert-OH is 1. The standard InChI is InChI=1S/C9H19N3O/c1-7-2-4-9(6-13,5-3-7)12-8(10)11/h7,13H,2-6H2,1H3,(H4,10,11,12). The summed E-state index contributed by atoms with van der Waals surface area (Å²) in [5.41, 5.74) is 10.3. The van der Waals surface area contributed by atoms with Gasteiger partial charge in [-0.15, -0.1) is 0 Å². The molecule has 0 unspecified atom stereocenters. The number of hydrogen-bond acceptors (Lipinski definition) is 2. The molecule has 0 spiro atoms. The van der Waals surface area contributed by atoms with Gasteiger partial charge in [0.2, 0.25) is 0 Å². The molecular formula is C9H19N3O. The smallest absolute Gasteiger partial charge is 0.186 e. The van der Waals surface area contributed by atoms with E-state index in [4.69, 9.17) is 11.5 Å². The van der Waals surface area contributed by atoms with Crippen LogP contribution in [0.5, 0.6) is 0 Å². The van der Waals surface area contributed by atoms with E-state index in [0.717, 1.165) is 31.6 Å². The van der Waals surface area contributed by atoms with E-state index in [0.29, 0.717) is 0 Å². The molecule has 0 atom stereocenters. The Morgan fingerprint density at radius 2 is 2.00 bits per heavy atom. The maximum absolute atomic E-state index is 9.26. The van der Waals surface area contributed by atoms with E-state index in [1.165, 1.54) is 0 Å². The van der Waals surface area contributed by atoms with Gasteiger partial charge in [-0.2, -0.15) is 0 Å². The topological polar surface area (TPSA) is 84.6 Å². The molecule has 0 aromatic heterocycles.